The van der Waals surface area contributed by atoms with Crippen LogP contribution < -0.4 is 10.2 Å². The first-order valence-corrected chi connectivity index (χ1v) is 7.95. The lowest BCUT2D eigenvalue weighted by Crippen LogP contribution is -2.39. The van der Waals surface area contributed by atoms with Gasteiger partial charge >= 0.3 is 0 Å². The predicted molar refractivity (Wildman–Crippen MR) is 86.3 cm³/mol. The molecule has 1 aromatic rings. The molecule has 0 fully saturated rings. The lowest BCUT2D eigenvalue weighted by atomic mass is 9.89. The maximum atomic E-state index is 12.3. The highest BCUT2D eigenvalue weighted by atomic mass is 16.2. The molecule has 3 rings (SSSR count). The molecule has 5 heteroatoms. The number of likely N-dealkylation sites (N-methyl/N-ethyl adjacent to an activating group) is 1. The lowest BCUT2D eigenvalue weighted by molar-refractivity contribution is -0.119. The molecule has 2 aliphatic rings. The van der Waals surface area contributed by atoms with E-state index >= 15 is 0 Å². The number of rotatable bonds is 4. The summed E-state index contributed by atoms with van der Waals surface area (Å²) in [7, 11) is 3.97. The van der Waals surface area contributed by atoms with Gasteiger partial charge in [-0.25, -0.2) is 0 Å². The van der Waals surface area contributed by atoms with Gasteiger partial charge < -0.3 is 15.1 Å². The number of benzene rings is 1. The number of amides is 2. The second-order valence-electron chi connectivity index (χ2n) is 6.35. The Hall–Kier alpha value is -1.88. The van der Waals surface area contributed by atoms with Crippen molar-refractivity contribution in [2.24, 2.45) is 0 Å². The van der Waals surface area contributed by atoms with Gasteiger partial charge in [0.25, 0.3) is 5.91 Å². The molecule has 0 atom stereocenters. The van der Waals surface area contributed by atoms with Crippen molar-refractivity contribution in [3.05, 3.63) is 28.8 Å². The van der Waals surface area contributed by atoms with Crippen LogP contribution in [0.3, 0.4) is 0 Å². The van der Waals surface area contributed by atoms with E-state index in [2.05, 4.69) is 5.32 Å². The highest BCUT2D eigenvalue weighted by Crippen LogP contribution is 2.36. The molecule has 0 saturated heterocycles. The van der Waals surface area contributed by atoms with Crippen LogP contribution in [0.15, 0.2) is 12.1 Å². The third-order valence-electron chi connectivity index (χ3n) is 4.38. The summed E-state index contributed by atoms with van der Waals surface area (Å²) in [6.07, 6.45) is 3.23. The molecule has 0 bridgehead atoms. The predicted octanol–water partition coefficient (Wildman–Crippen LogP) is 1.20. The second-order valence-corrected chi connectivity index (χ2v) is 6.35. The fourth-order valence-electron chi connectivity index (χ4n) is 3.28. The molecule has 5 nitrogen and oxygen atoms in total. The van der Waals surface area contributed by atoms with E-state index < -0.39 is 0 Å². The largest absolute Gasteiger partial charge is 0.351 e. The molecule has 0 unspecified atom stereocenters. The first-order valence-electron chi connectivity index (χ1n) is 7.95. The molecule has 22 heavy (non-hydrogen) atoms. The van der Waals surface area contributed by atoms with Gasteiger partial charge in [0.05, 0.1) is 5.69 Å². The minimum absolute atomic E-state index is 0.0186. The van der Waals surface area contributed by atoms with Crippen molar-refractivity contribution in [2.75, 3.05) is 38.6 Å². The summed E-state index contributed by atoms with van der Waals surface area (Å²) in [5, 5.41) is 2.97. The first-order chi connectivity index (χ1) is 10.6. The molecule has 0 radical (unpaired) electrons. The van der Waals surface area contributed by atoms with Crippen molar-refractivity contribution in [3.63, 3.8) is 0 Å². The van der Waals surface area contributed by atoms with Crippen molar-refractivity contribution in [1.29, 1.82) is 0 Å². The molecule has 1 N–H and O–H groups in total. The third kappa shape index (κ3) is 2.86. The van der Waals surface area contributed by atoms with Crippen LogP contribution in [-0.2, 0) is 17.6 Å². The molecule has 0 spiro atoms. The molecular formula is C17H23N3O2. The Kier molecular flexibility index (Phi) is 4.16. The van der Waals surface area contributed by atoms with Crippen LogP contribution in [0.1, 0.15) is 34.3 Å². The molecule has 1 aromatic carbocycles. The number of anilines is 1. The minimum Gasteiger partial charge on any atom is -0.351 e. The molecule has 2 amide bonds. The van der Waals surface area contributed by atoms with Crippen LogP contribution in [0, 0.1) is 0 Å². The second kappa shape index (κ2) is 6.08. The van der Waals surface area contributed by atoms with Crippen molar-refractivity contribution in [1.82, 2.24) is 10.2 Å². The first kappa shape index (κ1) is 15.0. The quantitative estimate of drug-likeness (QED) is 0.909. The van der Waals surface area contributed by atoms with Crippen LogP contribution in [-0.4, -0.2) is 50.4 Å². The monoisotopic (exact) mass is 301 g/mol. The van der Waals surface area contributed by atoms with E-state index in [1.54, 1.807) is 0 Å². The average molecular weight is 301 g/mol. The zero-order valence-corrected chi connectivity index (χ0v) is 13.3. The van der Waals surface area contributed by atoms with Crippen molar-refractivity contribution < 1.29 is 9.59 Å². The van der Waals surface area contributed by atoms with Gasteiger partial charge in [-0.15, -0.1) is 0 Å². The summed E-state index contributed by atoms with van der Waals surface area (Å²) in [6, 6.07) is 3.93. The Labute approximate surface area is 131 Å². The van der Waals surface area contributed by atoms with Gasteiger partial charge in [-0.1, -0.05) is 0 Å². The summed E-state index contributed by atoms with van der Waals surface area (Å²) in [5.74, 6) is 0.201. The number of hydrogen-bond acceptors (Lipinski definition) is 3. The van der Waals surface area contributed by atoms with Crippen LogP contribution in [0.5, 0.6) is 0 Å². The van der Waals surface area contributed by atoms with Crippen LogP contribution in [0.25, 0.3) is 0 Å². The van der Waals surface area contributed by atoms with E-state index in [-0.39, 0.29) is 11.8 Å². The number of hydrogen-bond donors (Lipinski definition) is 1. The van der Waals surface area contributed by atoms with Crippen LogP contribution in [0.2, 0.25) is 0 Å². The van der Waals surface area contributed by atoms with Gasteiger partial charge in [0.1, 0.15) is 0 Å². The smallest absolute Gasteiger partial charge is 0.251 e. The van der Waals surface area contributed by atoms with Crippen molar-refractivity contribution in [2.45, 2.75) is 25.7 Å². The molecule has 0 saturated carbocycles. The summed E-state index contributed by atoms with van der Waals surface area (Å²) >= 11 is 0. The topological polar surface area (TPSA) is 52.7 Å². The summed E-state index contributed by atoms with van der Waals surface area (Å²) in [5.41, 5.74) is 4.10. The van der Waals surface area contributed by atoms with Crippen molar-refractivity contribution >= 4 is 17.5 Å². The van der Waals surface area contributed by atoms with Gasteiger partial charge in [-0.05, 0) is 56.6 Å². The Morgan fingerprint density at radius 3 is 2.68 bits per heavy atom. The number of carbonyl (C=O) groups excluding carboxylic acids is 2. The summed E-state index contributed by atoms with van der Waals surface area (Å²) in [6.45, 7) is 2.28. The maximum absolute atomic E-state index is 12.3. The minimum atomic E-state index is -0.0186. The van der Waals surface area contributed by atoms with E-state index in [4.69, 9.17) is 0 Å². The maximum Gasteiger partial charge on any atom is 0.251 e. The number of carbonyl (C=O) groups is 2. The normalized spacial score (nSPS) is 16.7. The summed E-state index contributed by atoms with van der Waals surface area (Å²) in [4.78, 5) is 28.3. The van der Waals surface area contributed by atoms with Crippen LogP contribution in [0.4, 0.5) is 5.69 Å². The SMILES string of the molecule is CN(C)CCNC(=O)c1cc2c3c(c1)CCC(=O)N3CCC2. The van der Waals surface area contributed by atoms with Gasteiger partial charge in [-0.3, -0.25) is 9.59 Å². The zero-order chi connectivity index (χ0) is 15.7. The molecular weight excluding hydrogens is 278 g/mol. The van der Waals surface area contributed by atoms with Crippen molar-refractivity contribution in [3.8, 4) is 0 Å². The highest BCUT2D eigenvalue weighted by molar-refractivity contribution is 6.00. The standard InChI is InChI=1S/C17H23N3O2/c1-19(2)9-7-18-17(22)14-10-12-4-3-8-20-15(21)6-5-13(11-14)16(12)20/h10-11H,3-9H2,1-2H3,(H,18,22). The highest BCUT2D eigenvalue weighted by Gasteiger charge is 2.30. The van der Waals surface area contributed by atoms with Gasteiger partial charge in [0.15, 0.2) is 0 Å². The van der Waals surface area contributed by atoms with E-state index in [1.165, 1.54) is 0 Å². The van der Waals surface area contributed by atoms with E-state index in [9.17, 15) is 9.59 Å². The fourth-order valence-corrected chi connectivity index (χ4v) is 3.28. The average Bonchev–Trinajstić information content (AvgIpc) is 2.50. The Morgan fingerprint density at radius 2 is 1.95 bits per heavy atom. The Morgan fingerprint density at radius 1 is 1.23 bits per heavy atom. The lowest BCUT2D eigenvalue weighted by Gasteiger charge is -2.35. The summed E-state index contributed by atoms with van der Waals surface area (Å²) < 4.78 is 0. The number of nitrogens with one attached hydrogen (secondary N) is 1. The zero-order valence-electron chi connectivity index (χ0n) is 13.3. The molecule has 2 aliphatic heterocycles. The molecule has 2 heterocycles. The van der Waals surface area contributed by atoms with E-state index in [1.807, 2.05) is 36.0 Å². The molecule has 0 aromatic heterocycles. The van der Waals surface area contributed by atoms with Gasteiger partial charge in [-0.2, -0.15) is 0 Å². The van der Waals surface area contributed by atoms with Gasteiger partial charge in [0.2, 0.25) is 5.91 Å². The number of nitrogens with zero attached hydrogens (tertiary/aromatic N) is 2. The van der Waals surface area contributed by atoms with E-state index in [0.717, 1.165) is 54.7 Å². The fraction of sp³-hybridized carbons (Fsp3) is 0.529. The van der Waals surface area contributed by atoms with E-state index in [0.29, 0.717) is 13.0 Å². The molecule has 118 valence electrons. The number of aryl methyl sites for hydroxylation is 2. The third-order valence-corrected chi connectivity index (χ3v) is 4.38. The van der Waals surface area contributed by atoms with Crippen LogP contribution >= 0.6 is 0 Å². The Balaban J connectivity index is 1.83. The van der Waals surface area contributed by atoms with Gasteiger partial charge in [0, 0.05) is 31.6 Å². The molecule has 0 aliphatic carbocycles. The Bertz CT molecular complexity index is 593.